The van der Waals surface area contributed by atoms with Crippen LogP contribution in [0.3, 0.4) is 0 Å². The Hall–Kier alpha value is -7.41. The van der Waals surface area contributed by atoms with Crippen LogP contribution in [0.1, 0.15) is 41.1 Å². The minimum atomic E-state index is -5.48. The lowest BCUT2D eigenvalue weighted by molar-refractivity contribution is 0.893. The van der Waals surface area contributed by atoms with Crippen molar-refractivity contribution in [3.63, 3.8) is 0 Å². The highest BCUT2D eigenvalue weighted by Crippen LogP contribution is 2.34. The average molecular weight is 776 g/mol. The Bertz CT molecular complexity index is 4540. The van der Waals surface area contributed by atoms with Gasteiger partial charge in [-0.05, 0) is 44.9 Å². The van der Waals surface area contributed by atoms with E-state index in [0.717, 1.165) is 15.2 Å². The molecule has 8 aromatic carbocycles. The molecule has 0 atom stereocenters. The van der Waals surface area contributed by atoms with Crippen LogP contribution in [0.2, 0.25) is 0 Å². The van der Waals surface area contributed by atoms with Gasteiger partial charge in [0, 0.05) is 27.1 Å². The molecule has 0 N–H and O–H groups in total. The van der Waals surface area contributed by atoms with Crippen molar-refractivity contribution in [2.75, 3.05) is 0 Å². The first-order valence-corrected chi connectivity index (χ1v) is 18.8. The highest BCUT2D eigenvalue weighted by molar-refractivity contribution is 7.19. The Morgan fingerprint density at radius 2 is 0.702 bits per heavy atom. The van der Waals surface area contributed by atoms with Crippen molar-refractivity contribution in [3.8, 4) is 23.3 Å². The number of fused-ring (bicyclic) bond motifs is 6. The number of aromatic nitrogens is 5. The molecule has 0 amide bonds. The summed E-state index contributed by atoms with van der Waals surface area (Å²) in [4.78, 5) is 14.1. The molecule has 0 saturated heterocycles. The molecule has 0 saturated carbocycles. The summed E-state index contributed by atoms with van der Waals surface area (Å²) in [5, 5.41) is -4.01. The zero-order valence-corrected chi connectivity index (χ0v) is 29.6. The fraction of sp³-hybridized carbons (Fsp3) is 0. The molecule has 0 aliphatic carbocycles. The summed E-state index contributed by atoms with van der Waals surface area (Å²) in [6.07, 6.45) is 0. The maximum Gasteiger partial charge on any atom is 0.240 e. The highest BCUT2D eigenvalue weighted by atomic mass is 28.3. The van der Waals surface area contributed by atoms with Gasteiger partial charge < -0.3 is 0 Å². The fourth-order valence-corrected chi connectivity index (χ4v) is 10.9. The molecule has 0 bridgehead atoms. The number of hydrogen-bond acceptors (Lipinski definition) is 3. The van der Waals surface area contributed by atoms with Crippen LogP contribution < -0.4 is 20.7 Å². The van der Waals surface area contributed by atoms with Crippen LogP contribution in [-0.4, -0.2) is 32.2 Å². The van der Waals surface area contributed by atoms with E-state index in [-0.39, 0.29) is 10.8 Å². The van der Waals surface area contributed by atoms with Gasteiger partial charge in [-0.15, -0.1) is 0 Å². The molecule has 3 aromatic heterocycles. The van der Waals surface area contributed by atoms with Crippen LogP contribution in [0, 0.1) is 0 Å². The molecule has 11 aromatic rings. The van der Waals surface area contributed by atoms with Crippen LogP contribution in [-0.2, 0) is 0 Å². The Kier molecular flexibility index (Phi) is 3.43. The summed E-state index contributed by atoms with van der Waals surface area (Å²) < 4.78 is 271. The van der Waals surface area contributed by atoms with Gasteiger partial charge in [0.2, 0.25) is 11.9 Å². The van der Waals surface area contributed by atoms with Gasteiger partial charge in [0.1, 0.15) is 0 Å². The van der Waals surface area contributed by atoms with Gasteiger partial charge in [-0.25, -0.2) is 0 Å². The predicted molar refractivity (Wildman–Crippen MR) is 238 cm³/mol. The third kappa shape index (κ3) is 5.19. The molecule has 0 fully saturated rings. The average Bonchev–Trinajstić information content (AvgIpc) is 1.68. The van der Waals surface area contributed by atoms with Crippen LogP contribution >= 0.6 is 0 Å². The molecule has 0 spiro atoms. The van der Waals surface area contributed by atoms with Crippen LogP contribution in [0.4, 0.5) is 0 Å². The second-order valence-corrected chi connectivity index (χ2v) is 15.8. The van der Waals surface area contributed by atoms with E-state index in [9.17, 15) is 12.3 Å². The molecule has 57 heavy (non-hydrogen) atoms. The Morgan fingerprint density at radius 3 is 1.14 bits per heavy atom. The van der Waals surface area contributed by atoms with Crippen LogP contribution in [0.15, 0.2) is 212 Å². The Morgan fingerprint density at radius 1 is 0.333 bits per heavy atom. The smallest absolute Gasteiger partial charge is 0.240 e. The minimum Gasteiger partial charge on any atom is -0.278 e. The minimum absolute atomic E-state index is 0.196. The maximum absolute atomic E-state index is 9.45. The number of para-hydroxylation sites is 4. The summed E-state index contributed by atoms with van der Waals surface area (Å²) in [7, 11) is -5.48. The topological polar surface area (TPSA) is 48.5 Å². The molecule has 5 nitrogen and oxygen atoms in total. The van der Waals surface area contributed by atoms with E-state index < -0.39 is 266 Å². The first kappa shape index (κ1) is 14.6. The lowest BCUT2D eigenvalue weighted by Crippen LogP contribution is -2.74. The SMILES string of the molecule is [2H]c1cc([Si](c2ccc(-c3nc(-n4c5c([2H])c([2H])c([2H])c([2H])c5c5c([2H])c([2H])c([2H])c([2H])c54)nc(-n4c5c([2H])c([2H])c([2H])c([2H])c5c5c([2H])c([2H])c([2H])c([2H])c54)n3)cc2)(c2c([2H])c([2H])c([2H])c([2H])c2[2H])c2c([2H])c([2H])c([2H])c([2H])c2[2H])c([2H])c([2H])c1[2H]. The van der Waals surface area contributed by atoms with E-state index in [1.807, 2.05) is 0 Å². The van der Waals surface area contributed by atoms with Gasteiger partial charge >= 0.3 is 0 Å². The molecule has 268 valence electrons. The summed E-state index contributed by atoms with van der Waals surface area (Å²) in [5.74, 6) is -2.07. The summed E-state index contributed by atoms with van der Waals surface area (Å²) in [5.41, 5.74) is -2.33. The first-order valence-electron chi connectivity index (χ1n) is 31.8. The molecule has 11 rings (SSSR count). The molecule has 6 heteroatoms. The standard InChI is InChI=1S/C51H35N5Si/c1-4-18-37(19-5-1)57(38-20-6-2-7-21-38,39-22-8-3-9-23-39)40-34-32-36(33-35-40)49-52-50(55-45-28-14-10-24-41(45)42-25-11-15-29-46(42)55)54-51(53-49)56-47-30-16-12-26-43(47)44-27-13-17-31-48(44)56/h1-35H/i1D,2D,3D,4D,5D,6D,7D,8D,9D,10D,11D,12D,13D,14D,15D,16D,17D,18D,19D,20D,21D,22D,24D,25D,26D,27D,28D,29D,30D,31D. The molecular weight excluding hydrogens is 711 g/mol. The maximum atomic E-state index is 9.45. The number of hydrogen-bond donors (Lipinski definition) is 0. The van der Waals surface area contributed by atoms with Crippen molar-refractivity contribution in [1.29, 1.82) is 0 Å². The van der Waals surface area contributed by atoms with Crippen LogP contribution in [0.25, 0.3) is 66.9 Å². The van der Waals surface area contributed by atoms with Gasteiger partial charge in [-0.1, -0.05) is 187 Å². The summed E-state index contributed by atoms with van der Waals surface area (Å²) >= 11 is 0. The van der Waals surface area contributed by atoms with E-state index in [1.165, 1.54) is 24.3 Å². The van der Waals surface area contributed by atoms with E-state index in [2.05, 4.69) is 4.98 Å². The van der Waals surface area contributed by atoms with Crippen molar-refractivity contribution in [2.45, 2.75) is 0 Å². The van der Waals surface area contributed by atoms with E-state index in [1.54, 1.807) is 0 Å². The van der Waals surface area contributed by atoms with Crippen molar-refractivity contribution >= 4 is 72.4 Å². The Labute approximate surface area is 373 Å². The molecule has 0 radical (unpaired) electrons. The third-order valence-electron chi connectivity index (χ3n) is 9.36. The lowest BCUT2D eigenvalue weighted by atomic mass is 10.2. The zero-order chi connectivity index (χ0) is 63.9. The van der Waals surface area contributed by atoms with Crippen molar-refractivity contribution in [3.05, 3.63) is 212 Å². The molecular formula is C51H35N5Si. The van der Waals surface area contributed by atoms with Gasteiger partial charge in [-0.3, -0.25) is 9.13 Å². The molecule has 0 aliphatic rings. The van der Waals surface area contributed by atoms with Crippen molar-refractivity contribution in [2.24, 2.45) is 0 Å². The van der Waals surface area contributed by atoms with E-state index >= 15 is 0 Å². The second-order valence-electron chi connectivity index (χ2n) is 12.2. The monoisotopic (exact) mass is 775 g/mol. The number of benzene rings is 8. The van der Waals surface area contributed by atoms with Crippen molar-refractivity contribution in [1.82, 2.24) is 24.1 Å². The summed E-state index contributed by atoms with van der Waals surface area (Å²) in [6, 6.07) is -20.5. The predicted octanol–water partition coefficient (Wildman–Crippen LogP) is 9.11. The van der Waals surface area contributed by atoms with Gasteiger partial charge in [-0.2, -0.15) is 15.0 Å². The highest BCUT2D eigenvalue weighted by Gasteiger charge is 2.41. The van der Waals surface area contributed by atoms with Crippen molar-refractivity contribution < 1.29 is 41.1 Å². The van der Waals surface area contributed by atoms with Gasteiger partial charge in [0.15, 0.2) is 13.9 Å². The number of rotatable bonds is 7. The quantitative estimate of drug-likeness (QED) is 0.120. The normalized spacial score (nSPS) is 19.2. The second kappa shape index (κ2) is 13.4. The zero-order valence-electron chi connectivity index (χ0n) is 58.6. The van der Waals surface area contributed by atoms with Gasteiger partial charge in [0.05, 0.1) is 63.2 Å². The van der Waals surface area contributed by atoms with Gasteiger partial charge in [0.25, 0.3) is 0 Å². The Balaban J connectivity index is 1.36. The fourth-order valence-electron chi connectivity index (χ4n) is 6.99. The molecule has 3 heterocycles. The third-order valence-corrected chi connectivity index (χ3v) is 13.6. The van der Waals surface area contributed by atoms with E-state index in [4.69, 9.17) is 38.8 Å². The van der Waals surface area contributed by atoms with Crippen LogP contribution in [0.5, 0.6) is 0 Å². The largest absolute Gasteiger partial charge is 0.278 e. The molecule has 0 unspecified atom stereocenters. The lowest BCUT2D eigenvalue weighted by Gasteiger charge is -2.34. The first-order chi connectivity index (χ1) is 40.7. The van der Waals surface area contributed by atoms with E-state index in [0.29, 0.717) is 0 Å². The summed E-state index contributed by atoms with van der Waals surface area (Å²) in [6.45, 7) is 0. The molecule has 0 aliphatic heterocycles. The number of nitrogens with zero attached hydrogens (tertiary/aromatic N) is 5.